The first-order valence-corrected chi connectivity index (χ1v) is 4.99. The third kappa shape index (κ3) is 1.48. The Hall–Kier alpha value is -0.440. The summed E-state index contributed by atoms with van der Waals surface area (Å²) < 4.78 is 3.35. The summed E-state index contributed by atoms with van der Waals surface area (Å²) in [4.78, 5) is 10.9. The molecule has 0 bridgehead atoms. The van der Waals surface area contributed by atoms with Crippen molar-refractivity contribution in [1.29, 1.82) is 0 Å². The number of alkyl halides is 2. The molecule has 0 amide bonds. The van der Waals surface area contributed by atoms with Gasteiger partial charge in [-0.05, 0) is 17.7 Å². The predicted molar refractivity (Wildman–Crippen MR) is 54.7 cm³/mol. The third-order valence-electron chi connectivity index (χ3n) is 1.98. The molecular formula is C9H5Cl3O2. The third-order valence-corrected chi connectivity index (χ3v) is 2.92. The first kappa shape index (κ1) is 10.1. The molecule has 0 radical (unpaired) electrons. The van der Waals surface area contributed by atoms with Gasteiger partial charge >= 0.3 is 5.97 Å². The van der Waals surface area contributed by atoms with Crippen LogP contribution in [-0.4, -0.2) is 10.3 Å². The van der Waals surface area contributed by atoms with E-state index in [2.05, 4.69) is 0 Å². The van der Waals surface area contributed by atoms with Crippen LogP contribution in [0.2, 0.25) is 5.02 Å². The fourth-order valence-electron chi connectivity index (χ4n) is 1.26. The maximum absolute atomic E-state index is 10.9. The van der Waals surface area contributed by atoms with Crippen LogP contribution in [0.5, 0.6) is 0 Å². The van der Waals surface area contributed by atoms with Crippen molar-refractivity contribution in [3.8, 4) is 0 Å². The highest BCUT2D eigenvalue weighted by atomic mass is 35.5. The molecular weight excluding hydrogens is 246 g/mol. The summed E-state index contributed by atoms with van der Waals surface area (Å²) in [6.45, 7) is 0. The predicted octanol–water partition coefficient (Wildman–Crippen LogP) is 3.11. The van der Waals surface area contributed by atoms with E-state index in [1.54, 1.807) is 24.3 Å². The first-order chi connectivity index (χ1) is 6.51. The van der Waals surface area contributed by atoms with Crippen LogP contribution in [0.25, 0.3) is 0 Å². The number of cyclic esters (lactones) is 1. The molecule has 0 saturated carbocycles. The fraction of sp³-hybridized carbons (Fsp3) is 0.222. The smallest absolute Gasteiger partial charge is 0.347 e. The summed E-state index contributed by atoms with van der Waals surface area (Å²) in [6, 6.07) is 6.88. The highest BCUT2D eigenvalue weighted by Gasteiger charge is 2.56. The van der Waals surface area contributed by atoms with Gasteiger partial charge in [-0.2, -0.15) is 0 Å². The van der Waals surface area contributed by atoms with E-state index in [9.17, 15) is 4.79 Å². The zero-order valence-corrected chi connectivity index (χ0v) is 9.10. The highest BCUT2D eigenvalue weighted by molar-refractivity contribution is 6.59. The highest BCUT2D eigenvalue weighted by Crippen LogP contribution is 2.48. The van der Waals surface area contributed by atoms with Crippen LogP contribution < -0.4 is 0 Å². The zero-order valence-electron chi connectivity index (χ0n) is 6.84. The standard InChI is InChI=1S/C9H5Cl3O2/c10-6-3-1-2-5(4-6)7-9(11,12)8(13)14-7/h1-4,7H. The van der Waals surface area contributed by atoms with E-state index >= 15 is 0 Å². The van der Waals surface area contributed by atoms with Gasteiger partial charge in [0.1, 0.15) is 0 Å². The number of ether oxygens (including phenoxy) is 1. The van der Waals surface area contributed by atoms with E-state index in [0.717, 1.165) is 0 Å². The van der Waals surface area contributed by atoms with Gasteiger partial charge in [-0.3, -0.25) is 0 Å². The molecule has 1 aliphatic rings. The molecule has 2 rings (SSSR count). The minimum atomic E-state index is -1.48. The van der Waals surface area contributed by atoms with Crippen LogP contribution in [0.4, 0.5) is 0 Å². The Labute approximate surface area is 95.7 Å². The molecule has 1 atom stereocenters. The molecule has 14 heavy (non-hydrogen) atoms. The number of halogens is 3. The maximum atomic E-state index is 10.9. The number of carbonyl (C=O) groups is 1. The zero-order chi connectivity index (χ0) is 10.3. The minimum Gasteiger partial charge on any atom is -0.451 e. The van der Waals surface area contributed by atoms with Gasteiger partial charge in [0.25, 0.3) is 4.33 Å². The van der Waals surface area contributed by atoms with Crippen LogP contribution in [0, 0.1) is 0 Å². The van der Waals surface area contributed by atoms with Gasteiger partial charge in [0.15, 0.2) is 6.10 Å². The summed E-state index contributed by atoms with van der Waals surface area (Å²) in [5.41, 5.74) is 0.696. The Morgan fingerprint density at radius 2 is 2.07 bits per heavy atom. The topological polar surface area (TPSA) is 26.3 Å². The van der Waals surface area contributed by atoms with Crippen molar-refractivity contribution in [3.05, 3.63) is 34.9 Å². The molecule has 74 valence electrons. The number of hydrogen-bond acceptors (Lipinski definition) is 2. The van der Waals surface area contributed by atoms with E-state index in [-0.39, 0.29) is 0 Å². The first-order valence-electron chi connectivity index (χ1n) is 3.86. The summed E-state index contributed by atoms with van der Waals surface area (Å²) in [5.74, 6) is -0.620. The molecule has 0 aliphatic carbocycles. The molecule has 1 heterocycles. The summed E-state index contributed by atoms with van der Waals surface area (Å²) >= 11 is 17.3. The lowest BCUT2D eigenvalue weighted by Gasteiger charge is -2.37. The number of esters is 1. The lowest BCUT2D eigenvalue weighted by atomic mass is 10.0. The average Bonchev–Trinajstić information content (AvgIpc) is 2.14. The molecule has 0 N–H and O–H groups in total. The van der Waals surface area contributed by atoms with Crippen molar-refractivity contribution < 1.29 is 9.53 Å². The largest absolute Gasteiger partial charge is 0.451 e. The van der Waals surface area contributed by atoms with Crippen molar-refractivity contribution in [3.63, 3.8) is 0 Å². The fourth-order valence-corrected chi connectivity index (χ4v) is 1.88. The van der Waals surface area contributed by atoms with Crippen LogP contribution in [0.15, 0.2) is 24.3 Å². The molecule has 1 unspecified atom stereocenters. The van der Waals surface area contributed by atoms with E-state index in [0.29, 0.717) is 10.6 Å². The minimum absolute atomic E-state index is 0.551. The Morgan fingerprint density at radius 3 is 2.57 bits per heavy atom. The quantitative estimate of drug-likeness (QED) is 0.566. The second-order valence-electron chi connectivity index (χ2n) is 2.96. The van der Waals surface area contributed by atoms with Crippen molar-refractivity contribution in [1.82, 2.24) is 0 Å². The molecule has 5 heteroatoms. The molecule has 1 aliphatic heterocycles. The van der Waals surface area contributed by atoms with Gasteiger partial charge in [0.2, 0.25) is 0 Å². The number of hydrogen-bond donors (Lipinski definition) is 0. The summed E-state index contributed by atoms with van der Waals surface area (Å²) in [7, 11) is 0. The number of benzene rings is 1. The van der Waals surface area contributed by atoms with Crippen molar-refractivity contribution in [2.75, 3.05) is 0 Å². The maximum Gasteiger partial charge on any atom is 0.347 e. The SMILES string of the molecule is O=C1OC(c2cccc(Cl)c2)C1(Cl)Cl. The number of carbonyl (C=O) groups excluding carboxylic acids is 1. The lowest BCUT2D eigenvalue weighted by molar-refractivity contribution is -0.172. The van der Waals surface area contributed by atoms with Gasteiger partial charge < -0.3 is 4.74 Å². The van der Waals surface area contributed by atoms with Crippen molar-refractivity contribution >= 4 is 40.8 Å². The normalized spacial score (nSPS) is 23.9. The lowest BCUT2D eigenvalue weighted by Crippen LogP contribution is -2.48. The Morgan fingerprint density at radius 1 is 1.36 bits per heavy atom. The summed E-state index contributed by atoms with van der Waals surface area (Å²) in [6.07, 6.45) is -0.628. The van der Waals surface area contributed by atoms with Crippen LogP contribution in [-0.2, 0) is 9.53 Å². The molecule has 0 aromatic heterocycles. The second-order valence-corrected chi connectivity index (χ2v) is 4.79. The van der Waals surface area contributed by atoms with Crippen molar-refractivity contribution in [2.45, 2.75) is 10.4 Å². The van der Waals surface area contributed by atoms with Gasteiger partial charge in [0, 0.05) is 5.02 Å². The van der Waals surface area contributed by atoms with Gasteiger partial charge in [0.05, 0.1) is 0 Å². The molecule has 0 spiro atoms. The van der Waals surface area contributed by atoms with Crippen molar-refractivity contribution in [2.24, 2.45) is 0 Å². The van der Waals surface area contributed by atoms with E-state index in [1.165, 1.54) is 0 Å². The second kappa shape index (κ2) is 3.30. The van der Waals surface area contributed by atoms with E-state index < -0.39 is 16.4 Å². The monoisotopic (exact) mass is 250 g/mol. The van der Waals surface area contributed by atoms with Crippen LogP contribution in [0.1, 0.15) is 11.7 Å². The molecule has 1 fully saturated rings. The Balaban J connectivity index is 2.30. The molecule has 1 aromatic carbocycles. The van der Waals surface area contributed by atoms with Crippen LogP contribution in [0.3, 0.4) is 0 Å². The van der Waals surface area contributed by atoms with Gasteiger partial charge in [-0.1, -0.05) is 46.9 Å². The summed E-state index contributed by atoms with van der Waals surface area (Å²) in [5, 5.41) is 0.551. The molecule has 2 nitrogen and oxygen atoms in total. The van der Waals surface area contributed by atoms with Gasteiger partial charge in [-0.25, -0.2) is 4.79 Å². The van der Waals surface area contributed by atoms with E-state index in [1.807, 2.05) is 0 Å². The Bertz CT molecular complexity index is 389. The molecule has 1 saturated heterocycles. The molecule has 1 aromatic rings. The number of rotatable bonds is 1. The van der Waals surface area contributed by atoms with Crippen LogP contribution >= 0.6 is 34.8 Å². The average molecular weight is 251 g/mol. The Kier molecular flexibility index (Phi) is 2.38. The van der Waals surface area contributed by atoms with E-state index in [4.69, 9.17) is 39.5 Å². The van der Waals surface area contributed by atoms with Gasteiger partial charge in [-0.15, -0.1) is 0 Å².